The van der Waals surface area contributed by atoms with Gasteiger partial charge in [-0.1, -0.05) is 0 Å². The Hall–Kier alpha value is -2.58. The Bertz CT molecular complexity index is 551. The zero-order valence-electron chi connectivity index (χ0n) is 14.1. The highest BCUT2D eigenvalue weighted by molar-refractivity contribution is 5.86. The minimum atomic E-state index is -1.12. The molecule has 1 unspecified atom stereocenters. The Labute approximate surface area is 140 Å². The van der Waals surface area contributed by atoms with Crippen LogP contribution in [0.2, 0.25) is 0 Å². The van der Waals surface area contributed by atoms with Crippen molar-refractivity contribution in [1.82, 2.24) is 20.6 Å². The molecule has 0 aliphatic heterocycles. The largest absolute Gasteiger partial charge is 0.480 e. The number of aromatic amines is 1. The monoisotopic (exact) mass is 340 g/mol. The SMILES string of the molecule is CC(C)(C)OC(=O)NCC(=O)NC(CCCc1cnc[nH]1)C(=O)O. The lowest BCUT2D eigenvalue weighted by atomic mass is 10.1. The molecule has 1 atom stereocenters. The van der Waals surface area contributed by atoms with E-state index < -0.39 is 29.6 Å². The van der Waals surface area contributed by atoms with Gasteiger partial charge in [0.2, 0.25) is 5.91 Å². The van der Waals surface area contributed by atoms with Crippen molar-refractivity contribution in [2.24, 2.45) is 0 Å². The molecule has 134 valence electrons. The summed E-state index contributed by atoms with van der Waals surface area (Å²) in [5.41, 5.74) is 0.230. The van der Waals surface area contributed by atoms with Gasteiger partial charge in [-0.05, 0) is 40.0 Å². The molecule has 1 rings (SSSR count). The normalized spacial score (nSPS) is 12.3. The Kier molecular flexibility index (Phi) is 7.22. The molecule has 0 aromatic carbocycles. The predicted molar refractivity (Wildman–Crippen MR) is 85.3 cm³/mol. The number of carboxylic acids is 1. The topological polar surface area (TPSA) is 133 Å². The standard InChI is InChI=1S/C15H24N4O5/c1-15(2,3)24-14(23)17-8-12(20)19-11(13(21)22)6-4-5-10-7-16-9-18-10/h7,9,11H,4-6,8H2,1-3H3,(H,16,18)(H,17,23)(H,19,20)(H,21,22). The third kappa shape index (κ3) is 8.16. The number of aryl methyl sites for hydroxylation is 1. The van der Waals surface area contributed by atoms with Crippen LogP contribution in [0.3, 0.4) is 0 Å². The highest BCUT2D eigenvalue weighted by atomic mass is 16.6. The van der Waals surface area contributed by atoms with Crippen molar-refractivity contribution >= 4 is 18.0 Å². The number of hydrogen-bond donors (Lipinski definition) is 4. The van der Waals surface area contributed by atoms with Crippen molar-refractivity contribution in [3.05, 3.63) is 18.2 Å². The van der Waals surface area contributed by atoms with Gasteiger partial charge in [-0.2, -0.15) is 0 Å². The summed E-state index contributed by atoms with van der Waals surface area (Å²) in [6.45, 7) is 4.76. The van der Waals surface area contributed by atoms with Crippen LogP contribution >= 0.6 is 0 Å². The van der Waals surface area contributed by atoms with Crippen LogP contribution in [-0.4, -0.2) is 51.2 Å². The van der Waals surface area contributed by atoms with Gasteiger partial charge in [0.15, 0.2) is 0 Å². The van der Waals surface area contributed by atoms with Crippen molar-refractivity contribution < 1.29 is 24.2 Å². The number of carbonyl (C=O) groups excluding carboxylic acids is 2. The smallest absolute Gasteiger partial charge is 0.408 e. The van der Waals surface area contributed by atoms with E-state index in [9.17, 15) is 14.4 Å². The molecule has 9 nitrogen and oxygen atoms in total. The number of nitrogens with one attached hydrogen (secondary N) is 3. The van der Waals surface area contributed by atoms with Crippen LogP contribution in [-0.2, 0) is 20.7 Å². The molecule has 4 N–H and O–H groups in total. The van der Waals surface area contributed by atoms with Crippen LogP contribution in [0.25, 0.3) is 0 Å². The Morgan fingerprint density at radius 1 is 1.38 bits per heavy atom. The third-order valence-electron chi connectivity index (χ3n) is 2.92. The molecule has 1 aromatic rings. The number of carbonyl (C=O) groups is 3. The lowest BCUT2D eigenvalue weighted by Crippen LogP contribution is -2.46. The fourth-order valence-corrected chi connectivity index (χ4v) is 1.89. The average Bonchev–Trinajstić information content (AvgIpc) is 2.95. The second-order valence-electron chi connectivity index (χ2n) is 6.28. The van der Waals surface area contributed by atoms with Gasteiger partial charge >= 0.3 is 12.1 Å². The summed E-state index contributed by atoms with van der Waals surface area (Å²) in [6, 6.07) is -1.01. The number of ether oxygens (including phenoxy) is 1. The maximum atomic E-state index is 11.8. The van der Waals surface area contributed by atoms with Gasteiger partial charge in [0, 0.05) is 11.9 Å². The van der Waals surface area contributed by atoms with Crippen LogP contribution in [0, 0.1) is 0 Å². The quantitative estimate of drug-likeness (QED) is 0.554. The number of nitrogens with zero attached hydrogens (tertiary/aromatic N) is 1. The van der Waals surface area contributed by atoms with Crippen LogP contribution < -0.4 is 10.6 Å². The number of rotatable bonds is 8. The summed E-state index contributed by atoms with van der Waals surface area (Å²) in [6.07, 6.45) is 3.96. The molecule has 0 bridgehead atoms. The van der Waals surface area contributed by atoms with Gasteiger partial charge in [0.1, 0.15) is 18.2 Å². The first-order chi connectivity index (χ1) is 11.2. The summed E-state index contributed by atoms with van der Waals surface area (Å²) in [7, 11) is 0. The molecule has 1 heterocycles. The highest BCUT2D eigenvalue weighted by Crippen LogP contribution is 2.06. The number of carboxylic acid groups (broad SMARTS) is 1. The number of H-pyrrole nitrogens is 1. The summed E-state index contributed by atoms with van der Waals surface area (Å²) < 4.78 is 4.99. The molecular weight excluding hydrogens is 316 g/mol. The van der Waals surface area contributed by atoms with Crippen LogP contribution in [0.1, 0.15) is 39.3 Å². The van der Waals surface area contributed by atoms with Crippen LogP contribution in [0.5, 0.6) is 0 Å². The maximum Gasteiger partial charge on any atom is 0.408 e. The van der Waals surface area contributed by atoms with E-state index in [4.69, 9.17) is 9.84 Å². The second-order valence-corrected chi connectivity index (χ2v) is 6.28. The van der Waals surface area contributed by atoms with Crippen molar-refractivity contribution in [3.8, 4) is 0 Å². The predicted octanol–water partition coefficient (Wildman–Crippen LogP) is 0.827. The van der Waals surface area contributed by atoms with E-state index >= 15 is 0 Å². The summed E-state index contributed by atoms with van der Waals surface area (Å²) >= 11 is 0. The Balaban J connectivity index is 2.34. The number of aliphatic carboxylic acids is 1. The maximum absolute atomic E-state index is 11.8. The molecular formula is C15H24N4O5. The third-order valence-corrected chi connectivity index (χ3v) is 2.92. The minimum absolute atomic E-state index is 0.270. The fourth-order valence-electron chi connectivity index (χ4n) is 1.89. The van der Waals surface area contributed by atoms with Gasteiger partial charge in [0.05, 0.1) is 6.33 Å². The molecule has 1 aromatic heterocycles. The number of aromatic nitrogens is 2. The van der Waals surface area contributed by atoms with Crippen molar-refractivity contribution in [1.29, 1.82) is 0 Å². The molecule has 24 heavy (non-hydrogen) atoms. The number of alkyl carbamates (subject to hydrolysis) is 1. The number of amides is 2. The van der Waals surface area contributed by atoms with Gasteiger partial charge < -0.3 is 25.5 Å². The van der Waals surface area contributed by atoms with E-state index in [1.165, 1.54) is 0 Å². The molecule has 0 aliphatic carbocycles. The minimum Gasteiger partial charge on any atom is -0.480 e. The first kappa shape index (κ1) is 19.5. The number of hydrogen-bond acceptors (Lipinski definition) is 5. The lowest BCUT2D eigenvalue weighted by molar-refractivity contribution is -0.141. The summed E-state index contributed by atoms with van der Waals surface area (Å²) in [4.78, 5) is 41.2. The van der Waals surface area contributed by atoms with Crippen molar-refractivity contribution in [2.45, 2.75) is 51.7 Å². The van der Waals surface area contributed by atoms with Crippen LogP contribution in [0.15, 0.2) is 12.5 Å². The molecule has 0 fully saturated rings. The summed E-state index contributed by atoms with van der Waals surface area (Å²) in [5.74, 6) is -1.71. The Morgan fingerprint density at radius 3 is 2.62 bits per heavy atom. The first-order valence-corrected chi connectivity index (χ1v) is 7.63. The molecule has 0 radical (unpaired) electrons. The molecule has 0 spiro atoms. The van der Waals surface area contributed by atoms with Crippen LogP contribution in [0.4, 0.5) is 4.79 Å². The van der Waals surface area contributed by atoms with E-state index in [-0.39, 0.29) is 13.0 Å². The molecule has 0 saturated heterocycles. The van der Waals surface area contributed by atoms with Gasteiger partial charge in [0.25, 0.3) is 0 Å². The van der Waals surface area contributed by atoms with Gasteiger partial charge in [-0.15, -0.1) is 0 Å². The van der Waals surface area contributed by atoms with Crippen molar-refractivity contribution in [3.63, 3.8) is 0 Å². The van der Waals surface area contributed by atoms with E-state index in [2.05, 4.69) is 20.6 Å². The fraction of sp³-hybridized carbons (Fsp3) is 0.600. The Morgan fingerprint density at radius 2 is 2.08 bits per heavy atom. The summed E-state index contributed by atoms with van der Waals surface area (Å²) in [5, 5.41) is 13.8. The molecule has 2 amide bonds. The molecule has 0 saturated carbocycles. The van der Waals surface area contributed by atoms with E-state index in [1.54, 1.807) is 33.3 Å². The molecule has 0 aliphatic rings. The highest BCUT2D eigenvalue weighted by Gasteiger charge is 2.21. The van der Waals surface area contributed by atoms with E-state index in [0.717, 1.165) is 5.69 Å². The lowest BCUT2D eigenvalue weighted by Gasteiger charge is -2.20. The average molecular weight is 340 g/mol. The van der Waals surface area contributed by atoms with E-state index in [1.807, 2.05) is 0 Å². The van der Waals surface area contributed by atoms with Gasteiger partial charge in [-0.25, -0.2) is 14.6 Å². The van der Waals surface area contributed by atoms with Crippen molar-refractivity contribution in [2.75, 3.05) is 6.54 Å². The second kappa shape index (κ2) is 8.90. The molecule has 9 heteroatoms. The first-order valence-electron chi connectivity index (χ1n) is 7.63. The zero-order chi connectivity index (χ0) is 18.2. The number of imidazole rings is 1. The zero-order valence-corrected chi connectivity index (χ0v) is 14.1. The van der Waals surface area contributed by atoms with E-state index in [0.29, 0.717) is 12.8 Å². The van der Waals surface area contributed by atoms with Gasteiger partial charge in [-0.3, -0.25) is 4.79 Å².